The van der Waals surface area contributed by atoms with Gasteiger partial charge in [-0.15, -0.1) is 23.5 Å². The summed E-state index contributed by atoms with van der Waals surface area (Å²) in [7, 11) is 0. The molecule has 0 fully saturated rings. The predicted molar refractivity (Wildman–Crippen MR) is 183 cm³/mol. The van der Waals surface area contributed by atoms with E-state index in [9.17, 15) is 20.1 Å². The fraction of sp³-hybridized carbons (Fsp3) is 0.278. The molecule has 3 aromatic carbocycles. The molecule has 5 rings (SSSR count). The third-order valence-electron chi connectivity index (χ3n) is 7.88. The van der Waals surface area contributed by atoms with E-state index in [0.717, 1.165) is 35.5 Å². The van der Waals surface area contributed by atoms with E-state index in [4.69, 9.17) is 0 Å². The van der Waals surface area contributed by atoms with E-state index in [2.05, 4.69) is 56.8 Å². The molecule has 0 saturated carbocycles. The van der Waals surface area contributed by atoms with Crippen LogP contribution in [-0.2, 0) is 22.4 Å². The number of rotatable bonds is 12. The average Bonchev–Trinajstić information content (AvgIpc) is 3.08. The Morgan fingerprint density at radius 3 is 1.33 bits per heavy atom. The van der Waals surface area contributed by atoms with Crippen molar-refractivity contribution >= 4 is 35.3 Å². The first-order chi connectivity index (χ1) is 22.5. The summed E-state index contributed by atoms with van der Waals surface area (Å²) in [6.07, 6.45) is 0.548. The van der Waals surface area contributed by atoms with Gasteiger partial charge in [0, 0.05) is 13.1 Å². The van der Waals surface area contributed by atoms with Gasteiger partial charge in [-0.1, -0.05) is 98.8 Å². The molecular formula is C36H36N6O2S2. The van der Waals surface area contributed by atoms with Gasteiger partial charge in [-0.3, -0.25) is 9.59 Å². The van der Waals surface area contributed by atoms with Crippen LogP contribution in [0.25, 0.3) is 0 Å². The SMILES string of the molecule is CCSC1=C(C#N)C(=O)NC(c2ccc(C3NC(=O)C(C#N)=C(SCC)N3CCc3ccccc3)cc2)N1CCc1ccccc1. The molecule has 0 saturated heterocycles. The van der Waals surface area contributed by atoms with Crippen molar-refractivity contribution in [1.82, 2.24) is 20.4 Å². The van der Waals surface area contributed by atoms with Gasteiger partial charge in [0.2, 0.25) is 0 Å². The lowest BCUT2D eigenvalue weighted by Crippen LogP contribution is -2.47. The lowest BCUT2D eigenvalue weighted by atomic mass is 10.0. The van der Waals surface area contributed by atoms with E-state index in [1.807, 2.05) is 74.5 Å². The maximum atomic E-state index is 13.1. The zero-order valence-corrected chi connectivity index (χ0v) is 27.5. The van der Waals surface area contributed by atoms with Crippen LogP contribution in [0.3, 0.4) is 0 Å². The molecule has 2 unspecified atom stereocenters. The number of benzene rings is 3. The van der Waals surface area contributed by atoms with Gasteiger partial charge in [-0.25, -0.2) is 0 Å². The number of carbonyl (C=O) groups is 2. The standard InChI is InChI=1S/C36H36N6O2S2/c1-3-45-35-29(23-37)33(43)39-31(41(35)21-19-25-11-7-5-8-12-25)27-15-17-28(18-16-27)32-40-34(44)30(24-38)36(46-4-2)42(32)22-20-26-13-9-6-10-14-26/h5-18,31-32H,3-4,19-22H2,1-2H3,(H,39,43)(H,40,44). The molecule has 10 heteroatoms. The van der Waals surface area contributed by atoms with E-state index in [1.54, 1.807) is 0 Å². The Morgan fingerprint density at radius 2 is 1.00 bits per heavy atom. The van der Waals surface area contributed by atoms with Gasteiger partial charge in [-0.05, 0) is 46.6 Å². The van der Waals surface area contributed by atoms with Gasteiger partial charge in [0.15, 0.2) is 0 Å². The number of nitriles is 2. The fourth-order valence-corrected chi connectivity index (χ4v) is 7.52. The first-order valence-corrected chi connectivity index (χ1v) is 17.3. The summed E-state index contributed by atoms with van der Waals surface area (Å²) in [5.41, 5.74) is 4.33. The van der Waals surface area contributed by atoms with E-state index in [0.29, 0.717) is 23.1 Å². The lowest BCUT2D eigenvalue weighted by Gasteiger charge is -2.40. The summed E-state index contributed by atoms with van der Waals surface area (Å²) in [4.78, 5) is 30.5. The second kappa shape index (κ2) is 15.6. The largest absolute Gasteiger partial charge is 0.341 e. The minimum atomic E-state index is -0.470. The Kier molecular flexibility index (Phi) is 11.1. The van der Waals surface area contributed by atoms with Crippen LogP contribution in [0, 0.1) is 22.7 Å². The molecule has 2 aliphatic rings. The summed E-state index contributed by atoms with van der Waals surface area (Å²) >= 11 is 3.00. The Bertz CT molecular complexity index is 1570. The van der Waals surface area contributed by atoms with E-state index in [-0.39, 0.29) is 23.0 Å². The monoisotopic (exact) mass is 648 g/mol. The molecular weight excluding hydrogens is 613 g/mol. The highest BCUT2D eigenvalue weighted by Gasteiger charge is 2.36. The molecule has 234 valence electrons. The molecule has 3 aromatic rings. The number of amides is 2. The number of nitrogens with zero attached hydrogens (tertiary/aromatic N) is 4. The summed E-state index contributed by atoms with van der Waals surface area (Å²) in [6, 6.07) is 32.4. The van der Waals surface area contributed by atoms with Crippen molar-refractivity contribution in [2.45, 2.75) is 39.0 Å². The minimum Gasteiger partial charge on any atom is -0.341 e. The molecule has 2 amide bonds. The molecule has 46 heavy (non-hydrogen) atoms. The molecule has 2 N–H and O–H groups in total. The molecule has 2 atom stereocenters. The maximum Gasteiger partial charge on any atom is 0.266 e. The predicted octanol–water partition coefficient (Wildman–Crippen LogP) is 6.01. The van der Waals surface area contributed by atoms with Crippen LogP contribution in [0.5, 0.6) is 0 Å². The number of hydrogen-bond donors (Lipinski definition) is 2. The summed E-state index contributed by atoms with van der Waals surface area (Å²) < 4.78 is 0. The summed E-state index contributed by atoms with van der Waals surface area (Å²) in [5, 5.41) is 27.3. The Hall–Kier alpha value is -4.64. The number of hydrogen-bond acceptors (Lipinski definition) is 8. The average molecular weight is 649 g/mol. The van der Waals surface area contributed by atoms with Crippen molar-refractivity contribution < 1.29 is 9.59 Å². The molecule has 8 nitrogen and oxygen atoms in total. The van der Waals surface area contributed by atoms with E-state index >= 15 is 0 Å². The van der Waals surface area contributed by atoms with Crippen LogP contribution >= 0.6 is 23.5 Å². The second-order valence-electron chi connectivity index (χ2n) is 10.7. The zero-order chi connectivity index (χ0) is 32.5. The van der Waals surface area contributed by atoms with Gasteiger partial charge < -0.3 is 20.4 Å². The highest BCUT2D eigenvalue weighted by Crippen LogP contribution is 2.38. The van der Waals surface area contributed by atoms with Gasteiger partial charge in [0.05, 0.1) is 10.1 Å². The van der Waals surface area contributed by atoms with E-state index in [1.165, 1.54) is 34.7 Å². The topological polar surface area (TPSA) is 112 Å². The van der Waals surface area contributed by atoms with Crippen LogP contribution < -0.4 is 10.6 Å². The van der Waals surface area contributed by atoms with Crippen molar-refractivity contribution in [3.63, 3.8) is 0 Å². The zero-order valence-electron chi connectivity index (χ0n) is 25.9. The van der Waals surface area contributed by atoms with Crippen molar-refractivity contribution in [3.8, 4) is 12.1 Å². The van der Waals surface area contributed by atoms with Crippen LogP contribution in [0.15, 0.2) is 106 Å². The first kappa shape index (κ1) is 32.7. The highest BCUT2D eigenvalue weighted by molar-refractivity contribution is 8.03. The van der Waals surface area contributed by atoms with Crippen LogP contribution in [0.2, 0.25) is 0 Å². The van der Waals surface area contributed by atoms with Crippen LogP contribution in [-0.4, -0.2) is 46.2 Å². The van der Waals surface area contributed by atoms with Crippen LogP contribution in [0.4, 0.5) is 0 Å². The third kappa shape index (κ3) is 7.25. The maximum absolute atomic E-state index is 13.1. The smallest absolute Gasteiger partial charge is 0.266 e. The Balaban J connectivity index is 1.47. The summed E-state index contributed by atoms with van der Waals surface area (Å²) in [5.74, 6) is 0.673. The molecule has 0 spiro atoms. The van der Waals surface area contributed by atoms with Crippen LogP contribution in [0.1, 0.15) is 48.4 Å². The molecule has 2 aliphatic heterocycles. The Labute approximate surface area is 279 Å². The molecule has 0 radical (unpaired) electrons. The van der Waals surface area contributed by atoms with Gasteiger partial charge in [0.1, 0.15) is 35.6 Å². The van der Waals surface area contributed by atoms with Crippen molar-refractivity contribution in [1.29, 1.82) is 10.5 Å². The third-order valence-corrected chi connectivity index (χ3v) is 9.89. The molecule has 0 bridgehead atoms. The molecule has 0 aliphatic carbocycles. The highest BCUT2D eigenvalue weighted by atomic mass is 32.2. The normalized spacial score (nSPS) is 18.2. The first-order valence-electron chi connectivity index (χ1n) is 15.4. The molecule has 0 aromatic heterocycles. The fourth-order valence-electron chi connectivity index (χ4n) is 5.68. The second-order valence-corrected chi connectivity index (χ2v) is 13.2. The number of nitrogens with one attached hydrogen (secondary N) is 2. The van der Waals surface area contributed by atoms with Crippen molar-refractivity contribution in [2.24, 2.45) is 0 Å². The van der Waals surface area contributed by atoms with Gasteiger partial charge in [-0.2, -0.15) is 10.5 Å². The lowest BCUT2D eigenvalue weighted by molar-refractivity contribution is -0.120. The van der Waals surface area contributed by atoms with Gasteiger partial charge >= 0.3 is 0 Å². The summed E-state index contributed by atoms with van der Waals surface area (Å²) in [6.45, 7) is 5.24. The van der Waals surface area contributed by atoms with Crippen molar-refractivity contribution in [3.05, 3.63) is 128 Å². The van der Waals surface area contributed by atoms with Crippen molar-refractivity contribution in [2.75, 3.05) is 24.6 Å². The van der Waals surface area contributed by atoms with E-state index < -0.39 is 12.3 Å². The quantitative estimate of drug-likeness (QED) is 0.246. The number of thioether (sulfide) groups is 2. The Morgan fingerprint density at radius 1 is 0.630 bits per heavy atom. The number of carbonyl (C=O) groups excluding carboxylic acids is 2. The minimum absolute atomic E-state index is 0.132. The van der Waals surface area contributed by atoms with Gasteiger partial charge in [0.25, 0.3) is 11.8 Å². The molecule has 2 heterocycles.